The number of nitrogens with zero attached hydrogens (tertiary/aromatic N) is 4. The number of rotatable bonds is 3. The summed E-state index contributed by atoms with van der Waals surface area (Å²) in [6, 6.07) is 1.94. The van der Waals surface area contributed by atoms with E-state index in [-0.39, 0.29) is 17.3 Å². The van der Waals surface area contributed by atoms with Gasteiger partial charge in [0, 0.05) is 60.4 Å². The number of pyridine rings is 1. The fourth-order valence-corrected chi connectivity index (χ4v) is 3.35. The first-order chi connectivity index (χ1) is 13.1. The number of carbonyl (C=O) groups is 1. The van der Waals surface area contributed by atoms with Crippen LogP contribution in [0.25, 0.3) is 22.0 Å². The molecule has 1 aliphatic heterocycles. The molecule has 0 radical (unpaired) electrons. The standard InChI is InChI=1S/C19H21N5O3/c1-3-23-11-15(14-8-12(2)22-16(14)18(23)25)13-9-20-17(21-10-13)19(26)24-4-6-27-7-5-24/h8-11,22H,3-7H2,1-2H3. The lowest BCUT2D eigenvalue weighted by atomic mass is 10.1. The molecule has 8 nitrogen and oxygen atoms in total. The first kappa shape index (κ1) is 17.4. The number of aryl methyl sites for hydroxylation is 2. The number of carbonyl (C=O) groups excluding carboxylic acids is 1. The van der Waals surface area contributed by atoms with Gasteiger partial charge in [-0.3, -0.25) is 9.59 Å². The van der Waals surface area contributed by atoms with Crippen LogP contribution in [0.1, 0.15) is 23.2 Å². The van der Waals surface area contributed by atoms with E-state index in [9.17, 15) is 9.59 Å². The van der Waals surface area contributed by atoms with E-state index in [0.717, 1.165) is 22.2 Å². The zero-order valence-corrected chi connectivity index (χ0v) is 15.4. The third-order valence-corrected chi connectivity index (χ3v) is 4.80. The second kappa shape index (κ2) is 6.96. The SMILES string of the molecule is CCn1cc(-c2cnc(C(=O)N3CCOCC3)nc2)c2cc(C)[nH]c2c1=O. The largest absolute Gasteiger partial charge is 0.378 e. The minimum absolute atomic E-state index is 0.0515. The Bertz CT molecular complexity index is 1050. The number of nitrogens with one attached hydrogen (secondary N) is 1. The smallest absolute Gasteiger partial charge is 0.291 e. The Labute approximate surface area is 155 Å². The molecule has 1 amide bonds. The molecule has 1 saturated heterocycles. The molecule has 0 atom stereocenters. The van der Waals surface area contributed by atoms with E-state index in [1.54, 1.807) is 21.9 Å². The summed E-state index contributed by atoms with van der Waals surface area (Å²) in [5.74, 6) is -0.0167. The van der Waals surface area contributed by atoms with E-state index in [2.05, 4.69) is 15.0 Å². The van der Waals surface area contributed by atoms with Crippen molar-refractivity contribution in [3.8, 4) is 11.1 Å². The summed E-state index contributed by atoms with van der Waals surface area (Å²) in [7, 11) is 0. The lowest BCUT2D eigenvalue weighted by Gasteiger charge is -2.26. The molecule has 27 heavy (non-hydrogen) atoms. The topological polar surface area (TPSA) is 93.1 Å². The molecule has 3 aromatic rings. The van der Waals surface area contributed by atoms with Gasteiger partial charge in [-0.05, 0) is 19.9 Å². The number of H-pyrrole nitrogens is 1. The number of fused-ring (bicyclic) bond motifs is 1. The van der Waals surface area contributed by atoms with Gasteiger partial charge in [0.15, 0.2) is 0 Å². The highest BCUT2D eigenvalue weighted by Crippen LogP contribution is 2.26. The molecule has 0 aliphatic carbocycles. The predicted molar refractivity (Wildman–Crippen MR) is 101 cm³/mol. The van der Waals surface area contributed by atoms with E-state index in [1.807, 2.05) is 26.1 Å². The molecule has 4 heterocycles. The molecular weight excluding hydrogens is 346 g/mol. The highest BCUT2D eigenvalue weighted by Gasteiger charge is 2.21. The van der Waals surface area contributed by atoms with E-state index >= 15 is 0 Å². The van der Waals surface area contributed by atoms with E-state index in [0.29, 0.717) is 38.4 Å². The average molecular weight is 367 g/mol. The summed E-state index contributed by atoms with van der Waals surface area (Å²) >= 11 is 0. The summed E-state index contributed by atoms with van der Waals surface area (Å²) in [6.45, 7) is 6.57. The highest BCUT2D eigenvalue weighted by atomic mass is 16.5. The number of hydrogen-bond acceptors (Lipinski definition) is 5. The van der Waals surface area contributed by atoms with E-state index < -0.39 is 0 Å². The molecule has 4 rings (SSSR count). The van der Waals surface area contributed by atoms with Gasteiger partial charge in [-0.25, -0.2) is 9.97 Å². The zero-order valence-electron chi connectivity index (χ0n) is 15.4. The van der Waals surface area contributed by atoms with Crippen molar-refractivity contribution in [3.05, 3.63) is 46.5 Å². The first-order valence-electron chi connectivity index (χ1n) is 9.00. The fourth-order valence-electron chi connectivity index (χ4n) is 3.35. The van der Waals surface area contributed by atoms with E-state index in [4.69, 9.17) is 4.74 Å². The molecule has 140 valence electrons. The Morgan fingerprint density at radius 1 is 1.26 bits per heavy atom. The number of amides is 1. The van der Waals surface area contributed by atoms with Crippen LogP contribution in [-0.2, 0) is 11.3 Å². The van der Waals surface area contributed by atoms with Gasteiger partial charge in [0.2, 0.25) is 5.82 Å². The van der Waals surface area contributed by atoms with Crippen molar-refractivity contribution in [1.82, 2.24) is 24.4 Å². The van der Waals surface area contributed by atoms with Crippen LogP contribution in [0.15, 0.2) is 29.5 Å². The maximum absolute atomic E-state index is 12.5. The second-order valence-electron chi connectivity index (χ2n) is 6.57. The minimum Gasteiger partial charge on any atom is -0.378 e. The van der Waals surface area contributed by atoms with Crippen molar-refractivity contribution in [1.29, 1.82) is 0 Å². The van der Waals surface area contributed by atoms with Crippen molar-refractivity contribution < 1.29 is 9.53 Å². The summed E-state index contributed by atoms with van der Waals surface area (Å²) in [4.78, 5) is 38.4. The van der Waals surface area contributed by atoms with Crippen LogP contribution < -0.4 is 5.56 Å². The normalized spacial score (nSPS) is 14.7. The maximum atomic E-state index is 12.5. The average Bonchev–Trinajstić information content (AvgIpc) is 3.11. The molecule has 1 fully saturated rings. The lowest BCUT2D eigenvalue weighted by Crippen LogP contribution is -2.41. The van der Waals surface area contributed by atoms with Gasteiger partial charge in [0.05, 0.1) is 13.2 Å². The van der Waals surface area contributed by atoms with Crippen LogP contribution in [-0.4, -0.2) is 56.6 Å². The van der Waals surface area contributed by atoms with Crippen LogP contribution in [0.3, 0.4) is 0 Å². The molecule has 8 heteroatoms. The molecule has 1 N–H and O–H groups in total. The number of aromatic amines is 1. The minimum atomic E-state index is -0.189. The van der Waals surface area contributed by atoms with Crippen LogP contribution in [0.4, 0.5) is 0 Å². The Morgan fingerprint density at radius 3 is 2.63 bits per heavy atom. The van der Waals surface area contributed by atoms with Crippen LogP contribution in [0.5, 0.6) is 0 Å². The Morgan fingerprint density at radius 2 is 1.96 bits per heavy atom. The highest BCUT2D eigenvalue weighted by molar-refractivity contribution is 5.95. The number of hydrogen-bond donors (Lipinski definition) is 1. The van der Waals surface area contributed by atoms with Gasteiger partial charge < -0.3 is 19.2 Å². The molecule has 0 spiro atoms. The molecule has 0 unspecified atom stereocenters. The number of ether oxygens (including phenoxy) is 1. The van der Waals surface area contributed by atoms with Gasteiger partial charge >= 0.3 is 0 Å². The van der Waals surface area contributed by atoms with E-state index in [1.165, 1.54) is 0 Å². The van der Waals surface area contributed by atoms with Gasteiger partial charge in [-0.2, -0.15) is 0 Å². The van der Waals surface area contributed by atoms with Gasteiger partial charge in [0.25, 0.3) is 11.5 Å². The Kier molecular flexibility index (Phi) is 4.49. The molecular formula is C19H21N5O3. The van der Waals surface area contributed by atoms with Crippen LogP contribution >= 0.6 is 0 Å². The molecule has 0 bridgehead atoms. The van der Waals surface area contributed by atoms with Crippen LogP contribution in [0, 0.1) is 6.92 Å². The van der Waals surface area contributed by atoms with Gasteiger partial charge in [-0.15, -0.1) is 0 Å². The predicted octanol–water partition coefficient (Wildman–Crippen LogP) is 1.59. The summed E-state index contributed by atoms with van der Waals surface area (Å²) in [5, 5.41) is 0.832. The van der Waals surface area contributed by atoms with Crippen molar-refractivity contribution >= 4 is 16.8 Å². The lowest BCUT2D eigenvalue weighted by molar-refractivity contribution is 0.0295. The van der Waals surface area contributed by atoms with Crippen molar-refractivity contribution in [2.45, 2.75) is 20.4 Å². The quantitative estimate of drug-likeness (QED) is 0.759. The summed E-state index contributed by atoms with van der Waals surface area (Å²) in [6.07, 6.45) is 5.10. The Balaban J connectivity index is 1.73. The second-order valence-corrected chi connectivity index (χ2v) is 6.57. The molecule has 1 aliphatic rings. The van der Waals surface area contributed by atoms with Crippen molar-refractivity contribution in [3.63, 3.8) is 0 Å². The van der Waals surface area contributed by atoms with Crippen LogP contribution in [0.2, 0.25) is 0 Å². The first-order valence-corrected chi connectivity index (χ1v) is 9.00. The monoisotopic (exact) mass is 367 g/mol. The third kappa shape index (κ3) is 3.12. The summed E-state index contributed by atoms with van der Waals surface area (Å²) < 4.78 is 6.92. The van der Waals surface area contributed by atoms with Gasteiger partial charge in [0.1, 0.15) is 5.52 Å². The third-order valence-electron chi connectivity index (χ3n) is 4.80. The Hall–Kier alpha value is -3.00. The van der Waals surface area contributed by atoms with Crippen molar-refractivity contribution in [2.24, 2.45) is 0 Å². The molecule has 3 aromatic heterocycles. The summed E-state index contributed by atoms with van der Waals surface area (Å²) in [5.41, 5.74) is 3.06. The zero-order chi connectivity index (χ0) is 19.0. The fraction of sp³-hybridized carbons (Fsp3) is 0.368. The number of aromatic nitrogens is 4. The van der Waals surface area contributed by atoms with Crippen molar-refractivity contribution in [2.75, 3.05) is 26.3 Å². The molecule has 0 saturated carbocycles. The number of morpholine rings is 1. The molecule has 0 aromatic carbocycles. The maximum Gasteiger partial charge on any atom is 0.291 e. The van der Waals surface area contributed by atoms with Gasteiger partial charge in [-0.1, -0.05) is 0 Å².